The van der Waals surface area contributed by atoms with E-state index in [0.717, 1.165) is 0 Å². The lowest BCUT2D eigenvalue weighted by Crippen LogP contribution is -1.97. The van der Waals surface area contributed by atoms with E-state index in [1.54, 1.807) is 0 Å². The molecule has 3 heterocycles. The minimum absolute atomic E-state index is 1.21. The Morgan fingerprint density at radius 2 is 1.21 bits per heavy atom. The summed E-state index contributed by atoms with van der Waals surface area (Å²) in [6.45, 7) is 0. The van der Waals surface area contributed by atoms with E-state index in [1.807, 2.05) is 17.5 Å². The SMILES string of the molecule is c1ccc2c(c1)ccc1c3ccccc3c(-n3c4ccccc4c4c5ccncc5c5sc6ccccc6c5c43)cc21. The van der Waals surface area contributed by atoms with Gasteiger partial charge in [0.1, 0.15) is 0 Å². The van der Waals surface area contributed by atoms with Crippen LogP contribution in [-0.2, 0) is 0 Å². The van der Waals surface area contributed by atoms with E-state index in [2.05, 4.69) is 137 Å². The highest BCUT2D eigenvalue weighted by molar-refractivity contribution is 7.27. The molecule has 0 N–H and O–H groups in total. The molecule has 10 aromatic rings. The van der Waals surface area contributed by atoms with Gasteiger partial charge in [0.15, 0.2) is 0 Å². The van der Waals surface area contributed by atoms with Gasteiger partial charge in [-0.3, -0.25) is 4.98 Å². The van der Waals surface area contributed by atoms with Crippen LogP contribution in [0.4, 0.5) is 0 Å². The van der Waals surface area contributed by atoms with Crippen molar-refractivity contribution in [3.63, 3.8) is 0 Å². The molecule has 194 valence electrons. The van der Waals surface area contributed by atoms with Crippen molar-refractivity contribution in [1.82, 2.24) is 9.55 Å². The largest absolute Gasteiger partial charge is 0.308 e. The van der Waals surface area contributed by atoms with Gasteiger partial charge >= 0.3 is 0 Å². The second kappa shape index (κ2) is 8.16. The van der Waals surface area contributed by atoms with Crippen molar-refractivity contribution in [2.24, 2.45) is 0 Å². The number of para-hydroxylation sites is 1. The summed E-state index contributed by atoms with van der Waals surface area (Å²) in [5, 5.41) is 15.3. The van der Waals surface area contributed by atoms with Gasteiger partial charge in [-0.05, 0) is 56.6 Å². The molecule has 0 radical (unpaired) electrons. The summed E-state index contributed by atoms with van der Waals surface area (Å²) in [5.41, 5.74) is 3.70. The third-order valence-electron chi connectivity index (χ3n) is 9.03. The van der Waals surface area contributed by atoms with Crippen LogP contribution in [0.5, 0.6) is 0 Å². The zero-order valence-electron chi connectivity index (χ0n) is 22.5. The summed E-state index contributed by atoms with van der Waals surface area (Å²) < 4.78 is 5.15. The number of nitrogens with zero attached hydrogens (tertiary/aromatic N) is 2. The average Bonchev–Trinajstić information content (AvgIpc) is 3.61. The topological polar surface area (TPSA) is 17.8 Å². The summed E-state index contributed by atoms with van der Waals surface area (Å²) in [5.74, 6) is 0. The summed E-state index contributed by atoms with van der Waals surface area (Å²) in [6, 6.07) is 44.6. The molecule has 0 unspecified atom stereocenters. The van der Waals surface area contributed by atoms with Gasteiger partial charge in [-0.15, -0.1) is 11.3 Å². The van der Waals surface area contributed by atoms with E-state index in [1.165, 1.54) is 90.8 Å². The smallest absolute Gasteiger partial charge is 0.0641 e. The molecule has 10 rings (SSSR count). The number of rotatable bonds is 1. The third kappa shape index (κ3) is 2.81. The fourth-order valence-electron chi connectivity index (χ4n) is 7.29. The zero-order valence-corrected chi connectivity index (χ0v) is 23.3. The lowest BCUT2D eigenvalue weighted by atomic mass is 9.95. The van der Waals surface area contributed by atoms with E-state index >= 15 is 0 Å². The summed E-state index contributed by atoms with van der Waals surface area (Å²) in [7, 11) is 0. The summed E-state index contributed by atoms with van der Waals surface area (Å²) in [4.78, 5) is 4.59. The molecule has 0 aliphatic carbocycles. The first-order valence-electron chi connectivity index (χ1n) is 14.3. The zero-order chi connectivity index (χ0) is 27.4. The first-order chi connectivity index (χ1) is 20.9. The number of pyridine rings is 1. The van der Waals surface area contributed by atoms with Crippen molar-refractivity contribution < 1.29 is 0 Å². The van der Waals surface area contributed by atoms with Gasteiger partial charge < -0.3 is 4.57 Å². The van der Waals surface area contributed by atoms with Gasteiger partial charge in [-0.2, -0.15) is 0 Å². The van der Waals surface area contributed by atoms with Crippen molar-refractivity contribution in [3.8, 4) is 5.69 Å². The number of hydrogen-bond donors (Lipinski definition) is 0. The van der Waals surface area contributed by atoms with Gasteiger partial charge in [-0.1, -0.05) is 97.1 Å². The van der Waals surface area contributed by atoms with Crippen LogP contribution < -0.4 is 0 Å². The Morgan fingerprint density at radius 1 is 0.500 bits per heavy atom. The molecule has 0 fully saturated rings. The number of thiophene rings is 1. The number of fused-ring (bicyclic) bond motifs is 15. The second-order valence-electron chi connectivity index (χ2n) is 11.1. The van der Waals surface area contributed by atoms with E-state index in [9.17, 15) is 0 Å². The quantitative estimate of drug-likeness (QED) is 0.186. The molecule has 3 heteroatoms. The molecule has 3 aromatic heterocycles. The van der Waals surface area contributed by atoms with E-state index < -0.39 is 0 Å². The Hall–Kier alpha value is -5.25. The highest BCUT2D eigenvalue weighted by Crippen LogP contribution is 2.48. The van der Waals surface area contributed by atoms with Crippen LogP contribution in [-0.4, -0.2) is 9.55 Å². The fraction of sp³-hybridized carbons (Fsp3) is 0. The van der Waals surface area contributed by atoms with Crippen molar-refractivity contribution in [3.05, 3.63) is 134 Å². The number of aromatic nitrogens is 2. The normalized spacial score (nSPS) is 12.3. The Labute approximate surface area is 244 Å². The van der Waals surface area contributed by atoms with Crippen LogP contribution in [0, 0.1) is 0 Å². The van der Waals surface area contributed by atoms with E-state index in [0.29, 0.717) is 0 Å². The van der Waals surface area contributed by atoms with Crippen molar-refractivity contribution in [2.45, 2.75) is 0 Å². The van der Waals surface area contributed by atoms with Gasteiger partial charge in [0.2, 0.25) is 0 Å². The Morgan fingerprint density at radius 3 is 2.12 bits per heavy atom. The molecule has 42 heavy (non-hydrogen) atoms. The van der Waals surface area contributed by atoms with Crippen LogP contribution in [0.3, 0.4) is 0 Å². The average molecular weight is 551 g/mol. The molecule has 0 amide bonds. The molecular weight excluding hydrogens is 529 g/mol. The molecule has 0 aliphatic heterocycles. The Kier molecular flexibility index (Phi) is 4.36. The van der Waals surface area contributed by atoms with Crippen LogP contribution in [0.25, 0.3) is 90.8 Å². The monoisotopic (exact) mass is 550 g/mol. The predicted molar refractivity (Wildman–Crippen MR) is 181 cm³/mol. The molecule has 0 spiro atoms. The highest BCUT2D eigenvalue weighted by atomic mass is 32.1. The highest BCUT2D eigenvalue weighted by Gasteiger charge is 2.23. The fourth-order valence-corrected chi connectivity index (χ4v) is 8.52. The maximum Gasteiger partial charge on any atom is 0.0641 e. The van der Waals surface area contributed by atoms with Crippen molar-refractivity contribution >= 4 is 96.4 Å². The summed E-state index contributed by atoms with van der Waals surface area (Å²) in [6.07, 6.45) is 3.99. The minimum Gasteiger partial charge on any atom is -0.308 e. The first-order valence-corrected chi connectivity index (χ1v) is 15.1. The van der Waals surface area contributed by atoms with Crippen LogP contribution in [0.2, 0.25) is 0 Å². The van der Waals surface area contributed by atoms with Crippen LogP contribution >= 0.6 is 11.3 Å². The summed E-state index contributed by atoms with van der Waals surface area (Å²) >= 11 is 1.87. The minimum atomic E-state index is 1.21. The van der Waals surface area contributed by atoms with Crippen molar-refractivity contribution in [1.29, 1.82) is 0 Å². The number of hydrogen-bond acceptors (Lipinski definition) is 2. The van der Waals surface area contributed by atoms with E-state index in [4.69, 9.17) is 0 Å². The maximum absolute atomic E-state index is 4.59. The van der Waals surface area contributed by atoms with Crippen molar-refractivity contribution in [2.75, 3.05) is 0 Å². The van der Waals surface area contributed by atoms with Gasteiger partial charge in [-0.25, -0.2) is 0 Å². The first kappa shape index (κ1) is 22.4. The number of benzene rings is 7. The van der Waals surface area contributed by atoms with Gasteiger partial charge in [0.25, 0.3) is 0 Å². The maximum atomic E-state index is 4.59. The molecule has 7 aromatic carbocycles. The third-order valence-corrected chi connectivity index (χ3v) is 10.2. The molecule has 0 atom stereocenters. The van der Waals surface area contributed by atoms with Gasteiger partial charge in [0, 0.05) is 54.1 Å². The lowest BCUT2D eigenvalue weighted by molar-refractivity contribution is 1.21. The van der Waals surface area contributed by atoms with Crippen LogP contribution in [0.1, 0.15) is 0 Å². The lowest BCUT2D eigenvalue weighted by Gasteiger charge is -2.16. The van der Waals surface area contributed by atoms with E-state index in [-0.39, 0.29) is 0 Å². The molecule has 0 saturated carbocycles. The Balaban J connectivity index is 1.54. The molecule has 0 aliphatic rings. The standard InChI is InChI=1S/C39H22N2S/c1-2-10-24-23(9-1)17-18-26-25-11-3-4-12-27(25)34(21-31(24)26)41-33-15-7-5-13-29(33)36-28-19-20-40-22-32(28)39-37(38(36)41)30-14-6-8-16-35(30)42-39/h1-22H. The van der Waals surface area contributed by atoms with Crippen LogP contribution in [0.15, 0.2) is 134 Å². The van der Waals surface area contributed by atoms with Gasteiger partial charge in [0.05, 0.1) is 16.7 Å². The molecule has 0 bridgehead atoms. The molecular formula is C39H22N2S. The second-order valence-corrected chi connectivity index (χ2v) is 12.2. The molecule has 0 saturated heterocycles. The predicted octanol–water partition coefficient (Wildman–Crippen LogP) is 11.2. The Bertz CT molecular complexity index is 2750. The molecule has 2 nitrogen and oxygen atoms in total.